The molecule has 0 saturated carbocycles. The Morgan fingerprint density at radius 3 is 2.62 bits per heavy atom. The van der Waals surface area contributed by atoms with Gasteiger partial charge >= 0.3 is 6.18 Å². The Hall–Kier alpha value is -2.47. The molecule has 0 unspecified atom stereocenters. The summed E-state index contributed by atoms with van der Waals surface area (Å²) in [5, 5.41) is 6.40. The van der Waals surface area contributed by atoms with Gasteiger partial charge in [0.05, 0.1) is 23.1 Å². The molecule has 0 radical (unpaired) electrons. The fourth-order valence-electron chi connectivity index (χ4n) is 4.49. The molecule has 0 aliphatic heterocycles. The molecule has 0 saturated heterocycles. The highest BCUT2D eigenvalue weighted by Gasteiger charge is 2.32. The van der Waals surface area contributed by atoms with E-state index in [2.05, 4.69) is 28.3 Å². The first kappa shape index (κ1) is 29.1. The number of carbonyl (C=O) groups excluding carboxylic acids is 1. The predicted octanol–water partition coefficient (Wildman–Crippen LogP) is 4.25. The summed E-state index contributed by atoms with van der Waals surface area (Å²) in [5.41, 5.74) is 2.32. The van der Waals surface area contributed by atoms with Gasteiger partial charge in [-0.2, -0.15) is 13.2 Å². The predicted molar refractivity (Wildman–Crippen MR) is 134 cm³/mol. The molecule has 0 heterocycles. The van der Waals surface area contributed by atoms with Crippen LogP contribution in [0.5, 0.6) is 0 Å². The van der Waals surface area contributed by atoms with E-state index < -0.39 is 32.7 Å². The lowest BCUT2D eigenvalue weighted by atomic mass is 9.85. The molecule has 3 rings (SSSR count). The number of halogens is 3. The van der Waals surface area contributed by atoms with Crippen molar-refractivity contribution in [2.45, 2.75) is 68.7 Å². The van der Waals surface area contributed by atoms with Crippen LogP contribution in [0.4, 0.5) is 13.2 Å². The molecular formula is C26H34F3N3O4S. The van der Waals surface area contributed by atoms with Gasteiger partial charge in [-0.15, -0.1) is 0 Å². The number of hydrogen-bond donors (Lipinski definition) is 3. The van der Waals surface area contributed by atoms with E-state index in [9.17, 15) is 26.4 Å². The molecule has 11 heteroatoms. The number of nitrogens with one attached hydrogen (secondary N) is 3. The van der Waals surface area contributed by atoms with Crippen LogP contribution in [-0.4, -0.2) is 40.6 Å². The quantitative estimate of drug-likeness (QED) is 0.370. The van der Waals surface area contributed by atoms with Gasteiger partial charge in [0.1, 0.15) is 0 Å². The van der Waals surface area contributed by atoms with Crippen LogP contribution in [0.2, 0.25) is 0 Å². The average Bonchev–Trinajstić information content (AvgIpc) is 2.83. The van der Waals surface area contributed by atoms with Crippen LogP contribution in [0, 0.1) is 0 Å². The van der Waals surface area contributed by atoms with Crippen LogP contribution in [-0.2, 0) is 32.2 Å². The smallest absolute Gasteiger partial charge is 0.383 e. The standard InChI is InChI=1S/C26H34F3N3O4S/c1-17(32-37(34,35)22-8-5-7-21(16-22)26(27,28)29)14-25(33)31-24-9-4-6-20-15-19(10-11-23(20)24)18(2)30-12-13-36-3/h5,7-8,10-11,15-18,24,30,32H,4,6,9,12-14H2,1-3H3,(H,31,33)/t17-,18+,24+/m0/s1. The zero-order valence-electron chi connectivity index (χ0n) is 21.2. The largest absolute Gasteiger partial charge is 0.416 e. The number of aryl methyl sites for hydroxylation is 1. The molecular weight excluding hydrogens is 507 g/mol. The molecule has 3 N–H and O–H groups in total. The third kappa shape index (κ3) is 8.00. The Labute approximate surface area is 216 Å². The Morgan fingerprint density at radius 1 is 1.16 bits per heavy atom. The SMILES string of the molecule is COCCN[C@H](C)c1ccc2c(c1)CCC[C@H]2NC(=O)C[C@H](C)NS(=O)(=O)c1cccc(C(F)(F)F)c1. The lowest BCUT2D eigenvalue weighted by molar-refractivity contribution is -0.137. The molecule has 1 aliphatic rings. The van der Waals surface area contributed by atoms with Crippen molar-refractivity contribution in [1.29, 1.82) is 0 Å². The number of carbonyl (C=O) groups is 1. The monoisotopic (exact) mass is 541 g/mol. The number of ether oxygens (including phenoxy) is 1. The van der Waals surface area contributed by atoms with Crippen LogP contribution < -0.4 is 15.4 Å². The Morgan fingerprint density at radius 2 is 1.92 bits per heavy atom. The summed E-state index contributed by atoms with van der Waals surface area (Å²) in [6.45, 7) is 4.95. The molecule has 0 aromatic heterocycles. The highest BCUT2D eigenvalue weighted by molar-refractivity contribution is 7.89. The van der Waals surface area contributed by atoms with Gasteiger partial charge in [0.2, 0.25) is 15.9 Å². The first-order valence-corrected chi connectivity index (χ1v) is 13.7. The van der Waals surface area contributed by atoms with E-state index in [-0.39, 0.29) is 24.4 Å². The van der Waals surface area contributed by atoms with Gasteiger partial charge in [0.15, 0.2) is 0 Å². The molecule has 0 bridgehead atoms. The van der Waals surface area contributed by atoms with Gasteiger partial charge in [-0.25, -0.2) is 13.1 Å². The van der Waals surface area contributed by atoms with Crippen LogP contribution in [0.25, 0.3) is 0 Å². The van der Waals surface area contributed by atoms with Crippen molar-refractivity contribution in [3.63, 3.8) is 0 Å². The summed E-state index contributed by atoms with van der Waals surface area (Å²) in [5.74, 6) is -0.337. The minimum Gasteiger partial charge on any atom is -0.383 e. The van der Waals surface area contributed by atoms with E-state index in [1.165, 1.54) is 12.5 Å². The molecule has 204 valence electrons. The second kappa shape index (κ2) is 12.4. The van der Waals surface area contributed by atoms with Crippen molar-refractivity contribution in [2.24, 2.45) is 0 Å². The van der Waals surface area contributed by atoms with Crippen LogP contribution in [0.1, 0.15) is 67.4 Å². The van der Waals surface area contributed by atoms with Gasteiger partial charge < -0.3 is 15.4 Å². The van der Waals surface area contributed by atoms with E-state index in [0.29, 0.717) is 12.7 Å². The highest BCUT2D eigenvalue weighted by atomic mass is 32.2. The van der Waals surface area contributed by atoms with Crippen molar-refractivity contribution >= 4 is 15.9 Å². The number of fused-ring (bicyclic) bond motifs is 1. The van der Waals surface area contributed by atoms with E-state index in [1.807, 2.05) is 12.1 Å². The number of amides is 1. The highest BCUT2D eigenvalue weighted by Crippen LogP contribution is 2.32. The summed E-state index contributed by atoms with van der Waals surface area (Å²) < 4.78 is 71.5. The average molecular weight is 542 g/mol. The van der Waals surface area contributed by atoms with E-state index >= 15 is 0 Å². The van der Waals surface area contributed by atoms with Crippen LogP contribution in [0.15, 0.2) is 47.4 Å². The van der Waals surface area contributed by atoms with E-state index in [1.54, 1.807) is 7.11 Å². The van der Waals surface area contributed by atoms with E-state index in [4.69, 9.17) is 4.74 Å². The molecule has 1 aliphatic carbocycles. The van der Waals surface area contributed by atoms with Crippen molar-refractivity contribution in [1.82, 2.24) is 15.4 Å². The topological polar surface area (TPSA) is 96.5 Å². The lowest BCUT2D eigenvalue weighted by Gasteiger charge is -2.28. The summed E-state index contributed by atoms with van der Waals surface area (Å²) in [6, 6.07) is 8.89. The molecule has 2 aromatic carbocycles. The van der Waals surface area contributed by atoms with E-state index in [0.717, 1.165) is 55.1 Å². The summed E-state index contributed by atoms with van der Waals surface area (Å²) in [7, 11) is -2.58. The maximum atomic E-state index is 13.0. The summed E-state index contributed by atoms with van der Waals surface area (Å²) >= 11 is 0. The molecule has 2 aromatic rings. The number of rotatable bonds is 11. The van der Waals surface area contributed by atoms with Crippen molar-refractivity contribution in [3.8, 4) is 0 Å². The second-order valence-corrected chi connectivity index (χ2v) is 11.1. The van der Waals surface area contributed by atoms with Gasteiger partial charge in [-0.3, -0.25) is 4.79 Å². The minimum atomic E-state index is -4.66. The third-order valence-electron chi connectivity index (χ3n) is 6.39. The molecule has 7 nitrogen and oxygen atoms in total. The number of benzene rings is 2. The molecule has 1 amide bonds. The van der Waals surface area contributed by atoms with Crippen molar-refractivity contribution < 1.29 is 31.1 Å². The Bertz CT molecular complexity index is 1190. The zero-order chi connectivity index (χ0) is 27.2. The second-order valence-electron chi connectivity index (χ2n) is 9.39. The van der Waals surface area contributed by atoms with Crippen LogP contribution >= 0.6 is 0 Å². The fraction of sp³-hybridized carbons (Fsp3) is 0.500. The maximum Gasteiger partial charge on any atom is 0.416 e. The summed E-state index contributed by atoms with van der Waals surface area (Å²) in [4.78, 5) is 12.2. The number of methoxy groups -OCH3 is 1. The van der Waals surface area contributed by atoms with Crippen molar-refractivity contribution in [3.05, 3.63) is 64.7 Å². The number of alkyl halides is 3. The normalized spacial score (nSPS) is 17.6. The molecule has 0 fully saturated rings. The summed E-state index contributed by atoms with van der Waals surface area (Å²) in [6.07, 6.45) is -2.22. The first-order chi connectivity index (χ1) is 17.4. The van der Waals surface area contributed by atoms with Crippen molar-refractivity contribution in [2.75, 3.05) is 20.3 Å². The third-order valence-corrected chi connectivity index (χ3v) is 7.98. The number of sulfonamides is 1. The van der Waals surface area contributed by atoms with Crippen LogP contribution in [0.3, 0.4) is 0 Å². The Kier molecular flexibility index (Phi) is 9.74. The fourth-order valence-corrected chi connectivity index (χ4v) is 5.78. The molecule has 37 heavy (non-hydrogen) atoms. The van der Waals surface area contributed by atoms with Gasteiger partial charge in [-0.05, 0) is 68.0 Å². The Balaban J connectivity index is 1.61. The first-order valence-electron chi connectivity index (χ1n) is 12.2. The molecule has 0 spiro atoms. The van der Waals surface area contributed by atoms with Gasteiger partial charge in [-0.1, -0.05) is 24.3 Å². The van der Waals surface area contributed by atoms with Gasteiger partial charge in [0, 0.05) is 32.2 Å². The zero-order valence-corrected chi connectivity index (χ0v) is 22.0. The molecule has 3 atom stereocenters. The number of hydrogen-bond acceptors (Lipinski definition) is 5. The minimum absolute atomic E-state index is 0.150. The van der Waals surface area contributed by atoms with Gasteiger partial charge in [0.25, 0.3) is 0 Å². The lowest BCUT2D eigenvalue weighted by Crippen LogP contribution is -2.39. The maximum absolute atomic E-state index is 13.0.